The Bertz CT molecular complexity index is 1400. The number of anilines is 2. The molecule has 0 bridgehead atoms. The number of rotatable bonds is 8. The lowest BCUT2D eigenvalue weighted by molar-refractivity contribution is 0.0981. The number of hydrogen-bond donors (Lipinski definition) is 2. The number of amides is 1. The molecule has 0 saturated carbocycles. The molecule has 1 aliphatic heterocycles. The van der Waals surface area contributed by atoms with Crippen molar-refractivity contribution in [2.75, 3.05) is 17.2 Å². The molecule has 37 heavy (non-hydrogen) atoms. The highest BCUT2D eigenvalue weighted by molar-refractivity contribution is 7.90. The Labute approximate surface area is 217 Å². The average Bonchev–Trinajstić information content (AvgIpc) is 3.42. The van der Waals surface area contributed by atoms with Gasteiger partial charge in [0.15, 0.2) is 5.82 Å². The minimum absolute atomic E-state index is 0.0145. The van der Waals surface area contributed by atoms with Crippen LogP contribution in [-0.4, -0.2) is 52.3 Å². The van der Waals surface area contributed by atoms with Gasteiger partial charge in [0, 0.05) is 30.5 Å². The van der Waals surface area contributed by atoms with Crippen LogP contribution < -0.4 is 20.1 Å². The summed E-state index contributed by atoms with van der Waals surface area (Å²) in [6.07, 6.45) is 4.87. The van der Waals surface area contributed by atoms with Crippen LogP contribution in [0.15, 0.2) is 47.6 Å². The van der Waals surface area contributed by atoms with E-state index in [1.165, 1.54) is 18.3 Å². The topological polar surface area (TPSA) is 145 Å². The lowest BCUT2D eigenvalue weighted by Crippen LogP contribution is -2.44. The highest BCUT2D eigenvalue weighted by Gasteiger charge is 2.41. The van der Waals surface area contributed by atoms with Crippen LogP contribution in [0.5, 0.6) is 5.88 Å². The van der Waals surface area contributed by atoms with Crippen LogP contribution in [-0.2, 0) is 10.0 Å². The van der Waals surface area contributed by atoms with E-state index in [4.69, 9.17) is 15.5 Å². The molecule has 11 nitrogen and oxygen atoms in total. The number of sulfonamides is 1. The van der Waals surface area contributed by atoms with Gasteiger partial charge in [0.1, 0.15) is 16.5 Å². The van der Waals surface area contributed by atoms with Crippen molar-refractivity contribution in [3.8, 4) is 11.7 Å². The molecule has 0 radical (unpaired) electrons. The van der Waals surface area contributed by atoms with E-state index in [1.807, 2.05) is 18.7 Å². The maximum atomic E-state index is 13.4. The van der Waals surface area contributed by atoms with E-state index in [1.54, 1.807) is 29.1 Å². The summed E-state index contributed by atoms with van der Waals surface area (Å²) in [7, 11) is -4.26. The molecule has 1 amide bonds. The monoisotopic (exact) mass is 527 g/mol. The van der Waals surface area contributed by atoms with Gasteiger partial charge in [-0.3, -0.25) is 4.79 Å². The molecule has 4 rings (SSSR count). The first-order valence-corrected chi connectivity index (χ1v) is 13.7. The van der Waals surface area contributed by atoms with Crippen LogP contribution in [0.2, 0.25) is 0 Å². The Kier molecular flexibility index (Phi) is 7.13. The summed E-state index contributed by atoms with van der Waals surface area (Å²) >= 11 is 0. The highest BCUT2D eigenvalue weighted by atomic mass is 32.2. The number of carbonyl (C=O) groups is 1. The summed E-state index contributed by atoms with van der Waals surface area (Å²) < 4.78 is 35.4. The number of ether oxygens (including phenoxy) is 1. The fraction of sp³-hybridized carbons (Fsp3) is 0.440. The van der Waals surface area contributed by atoms with Crippen molar-refractivity contribution in [3.05, 3.63) is 48.3 Å². The van der Waals surface area contributed by atoms with E-state index < -0.39 is 15.9 Å². The van der Waals surface area contributed by atoms with Crippen molar-refractivity contribution in [2.24, 2.45) is 5.92 Å². The summed E-state index contributed by atoms with van der Waals surface area (Å²) in [4.78, 5) is 23.7. The number of nitrogen functional groups attached to an aromatic ring is 1. The third-order valence-electron chi connectivity index (χ3n) is 7.06. The predicted molar refractivity (Wildman–Crippen MR) is 140 cm³/mol. The van der Waals surface area contributed by atoms with Gasteiger partial charge in [0.05, 0.1) is 11.7 Å². The van der Waals surface area contributed by atoms with Crippen LogP contribution in [0.25, 0.3) is 5.82 Å². The van der Waals surface area contributed by atoms with Gasteiger partial charge in [0.25, 0.3) is 15.9 Å². The smallest absolute Gasteiger partial charge is 0.268 e. The van der Waals surface area contributed by atoms with Crippen molar-refractivity contribution in [3.63, 3.8) is 0 Å². The minimum Gasteiger partial charge on any atom is -0.474 e. The number of carbonyl (C=O) groups excluding carboxylic acids is 1. The normalized spacial score (nSPS) is 18.0. The largest absolute Gasteiger partial charge is 0.474 e. The molecule has 0 aromatic carbocycles. The SMILES string of the molecule is CCC(C)Oc1ccn(-c2ccc(C(=O)NS(=O)(=O)c3cccnc3N)c(N3CCC(C)C3(C)C)n2)n1. The van der Waals surface area contributed by atoms with E-state index in [9.17, 15) is 13.2 Å². The summed E-state index contributed by atoms with van der Waals surface area (Å²) in [6, 6.07) is 7.67. The number of pyridine rings is 2. The Balaban J connectivity index is 1.73. The maximum absolute atomic E-state index is 13.4. The van der Waals surface area contributed by atoms with Gasteiger partial charge in [-0.1, -0.05) is 13.8 Å². The van der Waals surface area contributed by atoms with Gasteiger partial charge in [0.2, 0.25) is 5.88 Å². The molecule has 3 aromatic rings. The second-order valence-corrected chi connectivity index (χ2v) is 11.4. The van der Waals surface area contributed by atoms with Crippen LogP contribution in [0.3, 0.4) is 0 Å². The minimum atomic E-state index is -4.26. The Morgan fingerprint density at radius 3 is 2.70 bits per heavy atom. The van der Waals surface area contributed by atoms with E-state index in [2.05, 4.69) is 35.6 Å². The molecule has 0 aliphatic carbocycles. The lowest BCUT2D eigenvalue weighted by Gasteiger charge is -2.36. The first kappa shape index (κ1) is 26.4. The van der Waals surface area contributed by atoms with Crippen LogP contribution in [0.1, 0.15) is 57.8 Å². The summed E-state index contributed by atoms with van der Waals surface area (Å²) in [5, 5.41) is 4.47. The van der Waals surface area contributed by atoms with Crippen molar-refractivity contribution in [1.29, 1.82) is 0 Å². The number of hydrogen-bond acceptors (Lipinski definition) is 9. The van der Waals surface area contributed by atoms with Crippen molar-refractivity contribution in [1.82, 2.24) is 24.5 Å². The summed E-state index contributed by atoms with van der Waals surface area (Å²) in [5.41, 5.74) is 5.55. The van der Waals surface area contributed by atoms with Gasteiger partial charge in [-0.2, -0.15) is 0 Å². The van der Waals surface area contributed by atoms with E-state index in [0.29, 0.717) is 30.0 Å². The first-order chi connectivity index (χ1) is 17.4. The molecule has 1 saturated heterocycles. The fourth-order valence-corrected chi connectivity index (χ4v) is 5.26. The zero-order valence-electron chi connectivity index (χ0n) is 21.7. The molecule has 2 atom stereocenters. The third-order valence-corrected chi connectivity index (χ3v) is 8.44. The summed E-state index contributed by atoms with van der Waals surface area (Å²) in [6.45, 7) is 11.0. The lowest BCUT2D eigenvalue weighted by atomic mass is 9.90. The van der Waals surface area contributed by atoms with Gasteiger partial charge in [-0.25, -0.2) is 27.8 Å². The average molecular weight is 528 g/mol. The third kappa shape index (κ3) is 5.24. The molecule has 3 N–H and O–H groups in total. The second kappa shape index (κ2) is 10.0. The number of nitrogens with zero attached hydrogens (tertiary/aromatic N) is 5. The van der Waals surface area contributed by atoms with Crippen molar-refractivity contribution >= 4 is 27.6 Å². The zero-order chi connectivity index (χ0) is 27.0. The molecule has 2 unspecified atom stereocenters. The molecule has 1 fully saturated rings. The molecular weight excluding hydrogens is 494 g/mol. The van der Waals surface area contributed by atoms with E-state index in [0.717, 1.165) is 12.8 Å². The predicted octanol–water partition coefficient (Wildman–Crippen LogP) is 3.17. The molecule has 3 aromatic heterocycles. The van der Waals surface area contributed by atoms with E-state index >= 15 is 0 Å². The maximum Gasteiger partial charge on any atom is 0.268 e. The molecule has 4 heterocycles. The fourth-order valence-electron chi connectivity index (χ4n) is 4.21. The first-order valence-electron chi connectivity index (χ1n) is 12.2. The molecule has 0 spiro atoms. The van der Waals surface area contributed by atoms with Gasteiger partial charge >= 0.3 is 0 Å². The molecule has 198 valence electrons. The van der Waals surface area contributed by atoms with Crippen molar-refractivity contribution < 1.29 is 17.9 Å². The van der Waals surface area contributed by atoms with Crippen LogP contribution in [0, 0.1) is 5.92 Å². The van der Waals surface area contributed by atoms with Gasteiger partial charge in [-0.05, 0) is 63.8 Å². The van der Waals surface area contributed by atoms with Crippen LogP contribution in [0.4, 0.5) is 11.6 Å². The Hall–Kier alpha value is -3.67. The summed E-state index contributed by atoms with van der Waals surface area (Å²) in [5.74, 6) is 0.635. The van der Waals surface area contributed by atoms with E-state index in [-0.39, 0.29) is 27.9 Å². The van der Waals surface area contributed by atoms with Gasteiger partial charge < -0.3 is 15.4 Å². The molecular formula is C25H33N7O4S. The van der Waals surface area contributed by atoms with Gasteiger partial charge in [-0.15, -0.1) is 5.10 Å². The highest BCUT2D eigenvalue weighted by Crippen LogP contribution is 2.39. The quantitative estimate of drug-likeness (QED) is 0.451. The standard InChI is InChI=1S/C25H33N7O4S/c1-6-17(3)36-21-12-15-32(29-21)20-10-9-18(23(28-20)31-14-11-16(2)25(31,4)5)24(33)30-37(34,35)19-8-7-13-27-22(19)26/h7-10,12-13,15-17H,6,11,14H2,1-5H3,(H2,26,27)(H,30,33). The molecule has 12 heteroatoms. The second-order valence-electron chi connectivity index (χ2n) is 9.79. The number of nitrogens with one attached hydrogen (secondary N) is 1. The number of nitrogens with two attached hydrogens (primary N) is 1. The van der Waals surface area contributed by atoms with Crippen molar-refractivity contribution in [2.45, 2.75) is 64.0 Å². The zero-order valence-corrected chi connectivity index (χ0v) is 22.5. The van der Waals surface area contributed by atoms with Crippen LogP contribution >= 0.6 is 0 Å². The Morgan fingerprint density at radius 1 is 1.30 bits per heavy atom. The molecule has 1 aliphatic rings. The Morgan fingerprint density at radius 2 is 2.05 bits per heavy atom. The number of aromatic nitrogens is 4.